The van der Waals surface area contributed by atoms with E-state index in [0.29, 0.717) is 12.7 Å². The molecular formula is C15H20ClNO2. The maximum atomic E-state index is 5.55. The summed E-state index contributed by atoms with van der Waals surface area (Å²) < 4.78 is 10.9. The summed E-state index contributed by atoms with van der Waals surface area (Å²) in [4.78, 5) is 0. The molecule has 1 saturated heterocycles. The molecule has 1 fully saturated rings. The highest BCUT2D eigenvalue weighted by molar-refractivity contribution is 5.85. The lowest BCUT2D eigenvalue weighted by Crippen LogP contribution is -2.25. The molecular weight excluding hydrogens is 262 g/mol. The van der Waals surface area contributed by atoms with E-state index in [4.69, 9.17) is 15.9 Å². The molecule has 1 aliphatic rings. The third-order valence-corrected chi connectivity index (χ3v) is 2.97. The minimum Gasteiger partial charge on any atom is -0.481 e. The third kappa shape index (κ3) is 5.52. The molecule has 1 unspecified atom stereocenters. The Morgan fingerprint density at radius 1 is 1.37 bits per heavy atom. The van der Waals surface area contributed by atoms with Crippen LogP contribution in [0.4, 0.5) is 0 Å². The van der Waals surface area contributed by atoms with Gasteiger partial charge in [-0.25, -0.2) is 0 Å². The Labute approximate surface area is 121 Å². The van der Waals surface area contributed by atoms with Crippen LogP contribution in [0.5, 0.6) is 5.75 Å². The number of rotatable bonds is 6. The van der Waals surface area contributed by atoms with E-state index in [2.05, 4.69) is 11.2 Å². The van der Waals surface area contributed by atoms with Gasteiger partial charge in [-0.2, -0.15) is 0 Å². The largest absolute Gasteiger partial charge is 0.481 e. The fourth-order valence-corrected chi connectivity index (χ4v) is 2.01. The van der Waals surface area contributed by atoms with E-state index in [9.17, 15) is 0 Å². The monoisotopic (exact) mass is 281 g/mol. The molecule has 0 aliphatic carbocycles. The molecule has 1 aromatic rings. The zero-order valence-corrected chi connectivity index (χ0v) is 11.7. The molecule has 1 heterocycles. The first-order chi connectivity index (χ1) is 8.88. The highest BCUT2D eigenvalue weighted by Gasteiger charge is 2.14. The van der Waals surface area contributed by atoms with Gasteiger partial charge in [0.1, 0.15) is 12.4 Å². The third-order valence-electron chi connectivity index (χ3n) is 2.97. The molecule has 0 bridgehead atoms. The number of nitrogens with one attached hydrogen (secondary N) is 1. The Morgan fingerprint density at radius 2 is 2.16 bits per heavy atom. The van der Waals surface area contributed by atoms with Crippen molar-refractivity contribution < 1.29 is 9.47 Å². The van der Waals surface area contributed by atoms with Gasteiger partial charge < -0.3 is 14.8 Å². The molecule has 0 radical (unpaired) electrons. The van der Waals surface area contributed by atoms with Crippen molar-refractivity contribution in [1.29, 1.82) is 0 Å². The van der Waals surface area contributed by atoms with Crippen molar-refractivity contribution in [2.24, 2.45) is 0 Å². The summed E-state index contributed by atoms with van der Waals surface area (Å²) >= 11 is 0. The Hall–Kier alpha value is -1.21. The topological polar surface area (TPSA) is 30.5 Å². The lowest BCUT2D eigenvalue weighted by Gasteiger charge is -2.11. The van der Waals surface area contributed by atoms with Gasteiger partial charge in [-0.15, -0.1) is 18.8 Å². The van der Waals surface area contributed by atoms with Crippen LogP contribution in [-0.2, 0) is 11.3 Å². The number of ether oxygens (including phenoxy) is 2. The summed E-state index contributed by atoms with van der Waals surface area (Å²) in [7, 11) is 0. The van der Waals surface area contributed by atoms with Crippen LogP contribution >= 0.6 is 12.4 Å². The predicted octanol–water partition coefficient (Wildman–Crippen LogP) is 2.39. The van der Waals surface area contributed by atoms with Gasteiger partial charge in [0.15, 0.2) is 0 Å². The zero-order valence-electron chi connectivity index (χ0n) is 10.9. The maximum Gasteiger partial charge on any atom is 0.148 e. The Kier molecular flexibility index (Phi) is 7.35. The molecule has 0 amide bonds. The Morgan fingerprint density at radius 3 is 2.79 bits per heavy atom. The fourth-order valence-electron chi connectivity index (χ4n) is 2.01. The van der Waals surface area contributed by atoms with Gasteiger partial charge in [-0.3, -0.25) is 0 Å². The average molecular weight is 282 g/mol. The highest BCUT2D eigenvalue weighted by Crippen LogP contribution is 2.13. The summed E-state index contributed by atoms with van der Waals surface area (Å²) in [6.45, 7) is 3.01. The summed E-state index contributed by atoms with van der Waals surface area (Å²) in [5.74, 6) is 3.26. The van der Waals surface area contributed by atoms with E-state index < -0.39 is 0 Å². The molecule has 104 valence electrons. The van der Waals surface area contributed by atoms with Crippen molar-refractivity contribution in [3.05, 3.63) is 29.8 Å². The summed E-state index contributed by atoms with van der Waals surface area (Å²) in [6.07, 6.45) is 7.89. The van der Waals surface area contributed by atoms with Crippen LogP contribution in [0, 0.1) is 12.3 Å². The van der Waals surface area contributed by atoms with Crippen LogP contribution in [0.15, 0.2) is 24.3 Å². The minimum atomic E-state index is 0. The highest BCUT2D eigenvalue weighted by atomic mass is 35.5. The number of halogens is 1. The van der Waals surface area contributed by atoms with Crippen LogP contribution in [0.3, 0.4) is 0 Å². The number of terminal acetylenes is 1. The van der Waals surface area contributed by atoms with Gasteiger partial charge in [0.05, 0.1) is 6.10 Å². The summed E-state index contributed by atoms with van der Waals surface area (Å²) in [5.41, 5.74) is 1.24. The lowest BCUT2D eigenvalue weighted by molar-refractivity contribution is 0.110. The van der Waals surface area contributed by atoms with Crippen LogP contribution in [0.1, 0.15) is 18.4 Å². The van der Waals surface area contributed by atoms with Gasteiger partial charge >= 0.3 is 0 Å². The van der Waals surface area contributed by atoms with E-state index in [-0.39, 0.29) is 12.4 Å². The van der Waals surface area contributed by atoms with E-state index in [1.54, 1.807) is 0 Å². The second-order valence-electron chi connectivity index (χ2n) is 4.40. The van der Waals surface area contributed by atoms with E-state index in [1.165, 1.54) is 18.4 Å². The SMILES string of the molecule is C#CCOc1ccc(CNCC2CCCO2)cc1.Cl. The number of benzene rings is 1. The molecule has 3 nitrogen and oxygen atoms in total. The first-order valence-corrected chi connectivity index (χ1v) is 6.36. The molecule has 1 aromatic carbocycles. The summed E-state index contributed by atoms with van der Waals surface area (Å²) in [5, 5.41) is 3.41. The van der Waals surface area contributed by atoms with Crippen LogP contribution in [0.2, 0.25) is 0 Å². The van der Waals surface area contributed by atoms with Gasteiger partial charge in [-0.1, -0.05) is 18.1 Å². The molecule has 0 saturated carbocycles. The van der Waals surface area contributed by atoms with Gasteiger partial charge in [0, 0.05) is 19.7 Å². The molecule has 0 aromatic heterocycles. The molecule has 19 heavy (non-hydrogen) atoms. The second-order valence-corrected chi connectivity index (χ2v) is 4.40. The van der Waals surface area contributed by atoms with E-state index >= 15 is 0 Å². The van der Waals surface area contributed by atoms with Crippen molar-refractivity contribution in [2.75, 3.05) is 19.8 Å². The first kappa shape index (κ1) is 15.8. The average Bonchev–Trinajstić information content (AvgIpc) is 2.91. The normalized spacial score (nSPS) is 17.5. The van der Waals surface area contributed by atoms with Crippen LogP contribution in [0.25, 0.3) is 0 Å². The molecule has 1 N–H and O–H groups in total. The molecule has 1 aliphatic heterocycles. The van der Waals surface area contributed by atoms with Crippen molar-refractivity contribution in [3.63, 3.8) is 0 Å². The zero-order chi connectivity index (χ0) is 12.6. The number of hydrogen-bond acceptors (Lipinski definition) is 3. The quantitative estimate of drug-likeness (QED) is 0.812. The lowest BCUT2D eigenvalue weighted by atomic mass is 10.2. The molecule has 2 rings (SSSR count). The van der Waals surface area contributed by atoms with Gasteiger partial charge in [0.2, 0.25) is 0 Å². The van der Waals surface area contributed by atoms with Crippen molar-refractivity contribution >= 4 is 12.4 Å². The standard InChI is InChI=1S/C15H19NO2.ClH/c1-2-9-17-14-7-5-13(6-8-14)11-16-12-15-4-3-10-18-15;/h1,5-8,15-16H,3-4,9-12H2;1H. The minimum absolute atomic E-state index is 0. The van der Waals surface area contributed by atoms with Crippen molar-refractivity contribution in [1.82, 2.24) is 5.32 Å². The van der Waals surface area contributed by atoms with E-state index in [0.717, 1.165) is 25.4 Å². The number of hydrogen-bond donors (Lipinski definition) is 1. The Balaban J connectivity index is 0.00000180. The first-order valence-electron chi connectivity index (χ1n) is 6.36. The van der Waals surface area contributed by atoms with Gasteiger partial charge in [-0.05, 0) is 30.5 Å². The Bertz CT molecular complexity index is 394. The predicted molar refractivity (Wildman–Crippen MR) is 78.7 cm³/mol. The van der Waals surface area contributed by atoms with Crippen molar-refractivity contribution in [2.45, 2.75) is 25.5 Å². The van der Waals surface area contributed by atoms with Crippen LogP contribution in [-0.4, -0.2) is 25.9 Å². The maximum absolute atomic E-state index is 5.55. The molecule has 0 spiro atoms. The second kappa shape index (κ2) is 8.82. The molecule has 4 heteroatoms. The molecule has 1 atom stereocenters. The smallest absolute Gasteiger partial charge is 0.148 e. The van der Waals surface area contributed by atoms with Crippen molar-refractivity contribution in [3.8, 4) is 18.1 Å². The summed E-state index contributed by atoms with van der Waals surface area (Å²) in [6, 6.07) is 7.99. The fraction of sp³-hybridized carbons (Fsp3) is 0.467. The van der Waals surface area contributed by atoms with Gasteiger partial charge in [0.25, 0.3) is 0 Å². The van der Waals surface area contributed by atoms with Crippen LogP contribution < -0.4 is 10.1 Å². The van der Waals surface area contributed by atoms with E-state index in [1.807, 2.05) is 24.3 Å².